The summed E-state index contributed by atoms with van der Waals surface area (Å²) in [6.07, 6.45) is -4.64. The van der Waals surface area contributed by atoms with Gasteiger partial charge in [0.1, 0.15) is 10.7 Å². The summed E-state index contributed by atoms with van der Waals surface area (Å²) in [4.78, 5) is 24.4. The van der Waals surface area contributed by atoms with Crippen molar-refractivity contribution in [2.24, 2.45) is 0 Å². The molecular formula is C21H17ClF3N3O3. The molecule has 2 aromatic carbocycles. The fourth-order valence-corrected chi connectivity index (χ4v) is 3.19. The molecule has 1 amide bonds. The Kier molecular flexibility index (Phi) is 6.65. The standard InChI is InChI=1S/C21H17ClF3N3O3/c1-13-18(19(22)28(27-13)11-14-7-3-2-4-8-14)20(30)31-12-17(29)26-16-10-6-5-9-15(16)21(23,24)25/h2-10H,11-12H2,1H3,(H,26,29). The average Bonchev–Trinajstić information content (AvgIpc) is 2.99. The lowest BCUT2D eigenvalue weighted by Crippen LogP contribution is -2.23. The maximum Gasteiger partial charge on any atom is 0.418 e. The zero-order chi connectivity index (χ0) is 22.6. The van der Waals surface area contributed by atoms with Gasteiger partial charge in [-0.3, -0.25) is 4.79 Å². The van der Waals surface area contributed by atoms with Gasteiger partial charge in [0.05, 0.1) is 23.5 Å². The number of ether oxygens (including phenoxy) is 1. The van der Waals surface area contributed by atoms with E-state index in [-0.39, 0.29) is 10.7 Å². The molecule has 10 heteroatoms. The number of nitrogens with zero attached hydrogens (tertiary/aromatic N) is 2. The van der Waals surface area contributed by atoms with E-state index in [1.165, 1.54) is 16.8 Å². The molecule has 0 aliphatic carbocycles. The van der Waals surface area contributed by atoms with E-state index in [4.69, 9.17) is 16.3 Å². The van der Waals surface area contributed by atoms with Crippen molar-refractivity contribution in [1.29, 1.82) is 0 Å². The number of para-hydroxylation sites is 1. The Morgan fingerprint density at radius 2 is 1.74 bits per heavy atom. The summed E-state index contributed by atoms with van der Waals surface area (Å²) in [5.74, 6) is -1.82. The van der Waals surface area contributed by atoms with E-state index in [1.807, 2.05) is 30.3 Å². The zero-order valence-corrected chi connectivity index (χ0v) is 17.0. The Morgan fingerprint density at radius 1 is 1.10 bits per heavy atom. The minimum absolute atomic E-state index is 0.0129. The van der Waals surface area contributed by atoms with E-state index in [1.54, 1.807) is 6.92 Å². The summed E-state index contributed by atoms with van der Waals surface area (Å²) >= 11 is 6.26. The first-order chi connectivity index (χ1) is 14.7. The van der Waals surface area contributed by atoms with E-state index >= 15 is 0 Å². The molecule has 0 atom stereocenters. The van der Waals surface area contributed by atoms with E-state index in [2.05, 4.69) is 10.4 Å². The lowest BCUT2D eigenvalue weighted by molar-refractivity contribution is -0.137. The van der Waals surface area contributed by atoms with Gasteiger partial charge in [-0.2, -0.15) is 18.3 Å². The first-order valence-electron chi connectivity index (χ1n) is 9.07. The normalized spacial score (nSPS) is 11.3. The van der Waals surface area contributed by atoms with Crippen LogP contribution in [0.3, 0.4) is 0 Å². The number of alkyl halides is 3. The summed E-state index contributed by atoms with van der Waals surface area (Å²) in [5.41, 5.74) is -0.235. The topological polar surface area (TPSA) is 73.2 Å². The van der Waals surface area contributed by atoms with Gasteiger partial charge in [-0.15, -0.1) is 0 Å². The molecule has 0 unspecified atom stereocenters. The van der Waals surface area contributed by atoms with Gasteiger partial charge >= 0.3 is 12.1 Å². The fourth-order valence-electron chi connectivity index (χ4n) is 2.88. The van der Waals surface area contributed by atoms with Crippen molar-refractivity contribution in [2.45, 2.75) is 19.6 Å². The van der Waals surface area contributed by atoms with Crippen LogP contribution in [0.25, 0.3) is 0 Å². The van der Waals surface area contributed by atoms with Crippen LogP contribution in [0.2, 0.25) is 5.15 Å². The minimum atomic E-state index is -4.64. The van der Waals surface area contributed by atoms with Crippen LogP contribution in [0.4, 0.5) is 18.9 Å². The van der Waals surface area contributed by atoms with Crippen molar-refractivity contribution < 1.29 is 27.5 Å². The van der Waals surface area contributed by atoms with Crippen molar-refractivity contribution in [3.8, 4) is 0 Å². The largest absolute Gasteiger partial charge is 0.452 e. The van der Waals surface area contributed by atoms with Crippen molar-refractivity contribution >= 4 is 29.2 Å². The van der Waals surface area contributed by atoms with Gasteiger partial charge < -0.3 is 10.1 Å². The number of anilines is 1. The lowest BCUT2D eigenvalue weighted by atomic mass is 10.1. The molecular weight excluding hydrogens is 435 g/mol. The van der Waals surface area contributed by atoms with Crippen molar-refractivity contribution in [2.75, 3.05) is 11.9 Å². The fraction of sp³-hybridized carbons (Fsp3) is 0.190. The summed E-state index contributed by atoms with van der Waals surface area (Å²) < 4.78 is 45.4. The smallest absolute Gasteiger partial charge is 0.418 e. The number of hydrogen-bond acceptors (Lipinski definition) is 4. The number of benzene rings is 2. The molecule has 0 fully saturated rings. The Hall–Kier alpha value is -3.33. The van der Waals surface area contributed by atoms with Gasteiger partial charge in [-0.1, -0.05) is 54.1 Å². The van der Waals surface area contributed by atoms with Crippen LogP contribution in [0, 0.1) is 6.92 Å². The molecule has 3 aromatic rings. The number of aryl methyl sites for hydroxylation is 1. The highest BCUT2D eigenvalue weighted by molar-refractivity contribution is 6.32. The van der Waals surface area contributed by atoms with Crippen LogP contribution in [0.15, 0.2) is 54.6 Å². The van der Waals surface area contributed by atoms with Gasteiger partial charge in [0, 0.05) is 0 Å². The predicted octanol–water partition coefficient (Wildman–Crippen LogP) is 4.71. The molecule has 0 spiro atoms. The third kappa shape index (κ3) is 5.43. The van der Waals surface area contributed by atoms with E-state index in [0.717, 1.165) is 17.7 Å². The number of amides is 1. The number of aromatic nitrogens is 2. The highest BCUT2D eigenvalue weighted by atomic mass is 35.5. The SMILES string of the molecule is Cc1nn(Cc2ccccc2)c(Cl)c1C(=O)OCC(=O)Nc1ccccc1C(F)(F)F. The molecule has 1 N–H and O–H groups in total. The first kappa shape index (κ1) is 22.4. The minimum Gasteiger partial charge on any atom is -0.452 e. The molecule has 1 aromatic heterocycles. The molecule has 3 rings (SSSR count). The Morgan fingerprint density at radius 3 is 2.42 bits per heavy atom. The van der Waals surface area contributed by atoms with Crippen molar-refractivity contribution in [3.05, 3.63) is 82.1 Å². The van der Waals surface area contributed by atoms with Crippen LogP contribution in [-0.4, -0.2) is 28.3 Å². The van der Waals surface area contributed by atoms with Gasteiger partial charge in [-0.25, -0.2) is 9.48 Å². The highest BCUT2D eigenvalue weighted by Crippen LogP contribution is 2.34. The zero-order valence-electron chi connectivity index (χ0n) is 16.2. The summed E-state index contributed by atoms with van der Waals surface area (Å²) in [5, 5.41) is 6.36. The quantitative estimate of drug-likeness (QED) is 0.551. The Labute approximate surface area is 180 Å². The highest BCUT2D eigenvalue weighted by Gasteiger charge is 2.33. The summed E-state index contributed by atoms with van der Waals surface area (Å²) in [6, 6.07) is 13.8. The molecule has 0 aliphatic rings. The predicted molar refractivity (Wildman–Crippen MR) is 108 cm³/mol. The van der Waals surface area contributed by atoms with Crippen molar-refractivity contribution in [1.82, 2.24) is 9.78 Å². The van der Waals surface area contributed by atoms with Gasteiger partial charge in [0.2, 0.25) is 0 Å². The third-order valence-electron chi connectivity index (χ3n) is 4.29. The second kappa shape index (κ2) is 9.22. The number of esters is 1. The summed E-state index contributed by atoms with van der Waals surface area (Å²) in [7, 11) is 0. The number of nitrogens with one attached hydrogen (secondary N) is 1. The lowest BCUT2D eigenvalue weighted by Gasteiger charge is -2.13. The maximum absolute atomic E-state index is 13.0. The molecule has 0 saturated heterocycles. The number of carbonyl (C=O) groups is 2. The second-order valence-corrected chi connectivity index (χ2v) is 6.92. The average molecular weight is 452 g/mol. The third-order valence-corrected chi connectivity index (χ3v) is 4.67. The van der Waals surface area contributed by atoms with Gasteiger partial charge in [0.25, 0.3) is 5.91 Å². The molecule has 162 valence electrons. The molecule has 1 heterocycles. The number of rotatable bonds is 6. The van der Waals surface area contributed by atoms with E-state index in [9.17, 15) is 22.8 Å². The van der Waals surface area contributed by atoms with Crippen molar-refractivity contribution in [3.63, 3.8) is 0 Å². The molecule has 6 nitrogen and oxygen atoms in total. The van der Waals surface area contributed by atoms with E-state index in [0.29, 0.717) is 12.2 Å². The molecule has 0 bridgehead atoms. The second-order valence-electron chi connectivity index (χ2n) is 6.56. The van der Waals surface area contributed by atoms with Crippen LogP contribution in [0.1, 0.15) is 27.2 Å². The van der Waals surface area contributed by atoms with Crippen LogP contribution in [0.5, 0.6) is 0 Å². The van der Waals surface area contributed by atoms with Crippen LogP contribution in [-0.2, 0) is 22.3 Å². The number of hydrogen-bond donors (Lipinski definition) is 1. The Bertz CT molecular complexity index is 1100. The maximum atomic E-state index is 13.0. The molecule has 0 aliphatic heterocycles. The van der Waals surface area contributed by atoms with Crippen LogP contribution >= 0.6 is 11.6 Å². The van der Waals surface area contributed by atoms with Gasteiger partial charge in [0.15, 0.2) is 6.61 Å². The monoisotopic (exact) mass is 451 g/mol. The molecule has 0 radical (unpaired) electrons. The van der Waals surface area contributed by atoms with Crippen LogP contribution < -0.4 is 5.32 Å². The van der Waals surface area contributed by atoms with Gasteiger partial charge in [-0.05, 0) is 24.6 Å². The number of halogens is 4. The summed E-state index contributed by atoms with van der Waals surface area (Å²) in [6.45, 7) is 1.09. The molecule has 0 saturated carbocycles. The first-order valence-corrected chi connectivity index (χ1v) is 9.44. The molecule has 31 heavy (non-hydrogen) atoms. The Balaban J connectivity index is 1.66. The van der Waals surface area contributed by atoms with E-state index < -0.39 is 35.9 Å². The number of carbonyl (C=O) groups excluding carboxylic acids is 2.